The molecule has 0 bridgehead atoms. The van der Waals surface area contributed by atoms with E-state index in [9.17, 15) is 10.1 Å². The third kappa shape index (κ3) is 3.00. The monoisotopic (exact) mass is 298 g/mol. The fourth-order valence-electron chi connectivity index (χ4n) is 2.24. The molecule has 1 atom stereocenters. The number of non-ortho nitro benzene ring substituents is 1. The number of piperidine rings is 1. The second-order valence-electron chi connectivity index (χ2n) is 4.62. The van der Waals surface area contributed by atoms with E-state index in [0.29, 0.717) is 17.1 Å². The number of aromatic nitrogens is 1. The van der Waals surface area contributed by atoms with Gasteiger partial charge in [0.25, 0.3) is 11.7 Å². The maximum Gasteiger partial charge on any atom is 0.295 e. The quantitative estimate of drug-likeness (QED) is 0.667. The van der Waals surface area contributed by atoms with Crippen molar-refractivity contribution in [2.24, 2.45) is 0 Å². The number of nitro groups is 1. The Hall–Kier alpha value is -1.86. The van der Waals surface area contributed by atoms with Crippen LogP contribution in [0.25, 0.3) is 11.1 Å². The molecule has 108 valence electrons. The van der Waals surface area contributed by atoms with Crippen LogP contribution in [0.4, 0.5) is 11.7 Å². The third-order valence-electron chi connectivity index (χ3n) is 3.21. The van der Waals surface area contributed by atoms with Crippen molar-refractivity contribution in [1.82, 2.24) is 10.3 Å². The van der Waals surface area contributed by atoms with E-state index < -0.39 is 4.92 Å². The minimum absolute atomic E-state index is 0. The maximum atomic E-state index is 10.7. The summed E-state index contributed by atoms with van der Waals surface area (Å²) >= 11 is 0. The number of fused-ring (bicyclic) bond motifs is 1. The summed E-state index contributed by atoms with van der Waals surface area (Å²) in [4.78, 5) is 14.5. The molecule has 8 heteroatoms. The Morgan fingerprint density at radius 1 is 1.50 bits per heavy atom. The van der Waals surface area contributed by atoms with Gasteiger partial charge in [-0.05, 0) is 25.5 Å². The van der Waals surface area contributed by atoms with Gasteiger partial charge in [-0.3, -0.25) is 10.1 Å². The lowest BCUT2D eigenvalue weighted by Gasteiger charge is -2.22. The highest BCUT2D eigenvalue weighted by atomic mass is 35.5. The molecule has 0 spiro atoms. The van der Waals surface area contributed by atoms with Crippen LogP contribution in [0.15, 0.2) is 22.6 Å². The summed E-state index contributed by atoms with van der Waals surface area (Å²) < 4.78 is 5.53. The van der Waals surface area contributed by atoms with Gasteiger partial charge in [-0.15, -0.1) is 12.4 Å². The van der Waals surface area contributed by atoms with E-state index in [0.717, 1.165) is 25.9 Å². The minimum atomic E-state index is -0.438. The summed E-state index contributed by atoms with van der Waals surface area (Å²) in [6.45, 7) is 1.91. The zero-order valence-corrected chi connectivity index (χ0v) is 11.5. The Bertz CT molecular complexity index is 610. The molecule has 0 amide bonds. The summed E-state index contributed by atoms with van der Waals surface area (Å²) in [5.74, 6) is 0. The van der Waals surface area contributed by atoms with Crippen LogP contribution in [0.3, 0.4) is 0 Å². The first-order valence-corrected chi connectivity index (χ1v) is 6.24. The third-order valence-corrected chi connectivity index (χ3v) is 3.21. The highest BCUT2D eigenvalue weighted by Crippen LogP contribution is 2.24. The number of rotatable bonds is 3. The Balaban J connectivity index is 0.00000147. The fourth-order valence-corrected chi connectivity index (χ4v) is 2.24. The summed E-state index contributed by atoms with van der Waals surface area (Å²) in [7, 11) is 0. The zero-order valence-electron chi connectivity index (χ0n) is 10.7. The highest BCUT2D eigenvalue weighted by Gasteiger charge is 2.16. The van der Waals surface area contributed by atoms with Crippen LogP contribution in [-0.4, -0.2) is 29.0 Å². The molecule has 0 aliphatic carbocycles. The second kappa shape index (κ2) is 6.06. The molecule has 2 aromatic rings. The van der Waals surface area contributed by atoms with Gasteiger partial charge < -0.3 is 15.1 Å². The number of hydrogen-bond acceptors (Lipinski definition) is 6. The molecule has 1 aliphatic rings. The largest absolute Gasteiger partial charge is 0.424 e. The molecular weight excluding hydrogens is 284 g/mol. The summed E-state index contributed by atoms with van der Waals surface area (Å²) in [6.07, 6.45) is 2.18. The minimum Gasteiger partial charge on any atom is -0.424 e. The van der Waals surface area contributed by atoms with E-state index in [4.69, 9.17) is 4.42 Å². The predicted octanol–water partition coefficient (Wildman–Crippen LogP) is 2.32. The van der Waals surface area contributed by atoms with Gasteiger partial charge >= 0.3 is 0 Å². The number of nitrogens with zero attached hydrogens (tertiary/aromatic N) is 2. The lowest BCUT2D eigenvalue weighted by atomic mass is 10.1. The van der Waals surface area contributed by atoms with Crippen molar-refractivity contribution >= 4 is 35.2 Å². The van der Waals surface area contributed by atoms with E-state index in [1.807, 2.05) is 0 Å². The van der Waals surface area contributed by atoms with Crippen molar-refractivity contribution in [3.05, 3.63) is 28.3 Å². The van der Waals surface area contributed by atoms with Crippen LogP contribution in [0.1, 0.15) is 12.8 Å². The Labute approximate surface area is 121 Å². The Morgan fingerprint density at radius 2 is 2.35 bits per heavy atom. The Kier molecular flexibility index (Phi) is 4.41. The van der Waals surface area contributed by atoms with Crippen molar-refractivity contribution < 1.29 is 9.34 Å². The van der Waals surface area contributed by atoms with Crippen molar-refractivity contribution in [2.75, 3.05) is 18.4 Å². The number of oxazole rings is 1. The molecule has 1 aromatic carbocycles. The number of benzene rings is 1. The first kappa shape index (κ1) is 14.5. The van der Waals surface area contributed by atoms with Crippen molar-refractivity contribution in [1.29, 1.82) is 0 Å². The van der Waals surface area contributed by atoms with Crippen LogP contribution in [-0.2, 0) is 0 Å². The van der Waals surface area contributed by atoms with E-state index in [2.05, 4.69) is 15.6 Å². The molecule has 2 N–H and O–H groups in total. The standard InChI is InChI=1S/C12H14N4O3.ClH/c17-16(18)9-3-4-11-10(6-9)15-12(19-11)14-8-2-1-5-13-7-8;/h3-4,6,8,13H,1-2,5,7H2,(H,14,15);1H/t8-;/m1./s1. The van der Waals surface area contributed by atoms with Gasteiger partial charge in [0.1, 0.15) is 5.52 Å². The van der Waals surface area contributed by atoms with E-state index >= 15 is 0 Å². The van der Waals surface area contributed by atoms with Crippen LogP contribution in [0, 0.1) is 10.1 Å². The molecule has 20 heavy (non-hydrogen) atoms. The lowest BCUT2D eigenvalue weighted by molar-refractivity contribution is -0.384. The second-order valence-corrected chi connectivity index (χ2v) is 4.62. The van der Waals surface area contributed by atoms with Crippen LogP contribution in [0.5, 0.6) is 0 Å². The molecule has 3 rings (SSSR count). The lowest BCUT2D eigenvalue weighted by Crippen LogP contribution is -2.38. The smallest absolute Gasteiger partial charge is 0.295 e. The molecule has 0 saturated carbocycles. The first-order valence-electron chi connectivity index (χ1n) is 6.24. The van der Waals surface area contributed by atoms with Gasteiger partial charge in [-0.25, -0.2) is 0 Å². The van der Waals surface area contributed by atoms with Gasteiger partial charge in [0.15, 0.2) is 5.58 Å². The number of nitrogens with one attached hydrogen (secondary N) is 2. The molecule has 1 fully saturated rings. The summed E-state index contributed by atoms with van der Waals surface area (Å²) in [5, 5.41) is 17.2. The molecular formula is C12H15ClN4O3. The van der Waals surface area contributed by atoms with E-state index in [-0.39, 0.29) is 24.1 Å². The molecule has 0 unspecified atom stereocenters. The van der Waals surface area contributed by atoms with E-state index in [1.165, 1.54) is 12.1 Å². The maximum absolute atomic E-state index is 10.7. The fraction of sp³-hybridized carbons (Fsp3) is 0.417. The van der Waals surface area contributed by atoms with Gasteiger partial charge in [0.05, 0.1) is 4.92 Å². The van der Waals surface area contributed by atoms with Gasteiger partial charge in [0.2, 0.25) is 0 Å². The average Bonchev–Trinajstić information content (AvgIpc) is 2.80. The normalized spacial score (nSPS) is 18.5. The summed E-state index contributed by atoms with van der Waals surface area (Å²) in [5.41, 5.74) is 1.07. The average molecular weight is 299 g/mol. The van der Waals surface area contributed by atoms with Crippen LogP contribution in [0.2, 0.25) is 0 Å². The summed E-state index contributed by atoms with van der Waals surface area (Å²) in [6, 6.07) is 5.12. The molecule has 1 aliphatic heterocycles. The Morgan fingerprint density at radius 3 is 3.05 bits per heavy atom. The number of hydrogen-bond donors (Lipinski definition) is 2. The molecule has 1 aromatic heterocycles. The SMILES string of the molecule is Cl.O=[N+]([O-])c1ccc2oc(N[C@@H]3CCCNC3)nc2c1. The first-order chi connectivity index (χ1) is 9.22. The molecule has 7 nitrogen and oxygen atoms in total. The number of nitro benzene ring substituents is 1. The van der Waals surface area contributed by atoms with Crippen LogP contribution >= 0.6 is 12.4 Å². The van der Waals surface area contributed by atoms with Gasteiger partial charge in [-0.1, -0.05) is 0 Å². The van der Waals surface area contributed by atoms with E-state index in [1.54, 1.807) is 6.07 Å². The highest BCUT2D eigenvalue weighted by molar-refractivity contribution is 5.85. The van der Waals surface area contributed by atoms with Crippen molar-refractivity contribution in [3.8, 4) is 0 Å². The van der Waals surface area contributed by atoms with Crippen molar-refractivity contribution in [3.63, 3.8) is 0 Å². The molecule has 2 heterocycles. The molecule has 1 saturated heterocycles. The van der Waals surface area contributed by atoms with Gasteiger partial charge in [0, 0.05) is 24.7 Å². The predicted molar refractivity (Wildman–Crippen MR) is 77.4 cm³/mol. The van der Waals surface area contributed by atoms with Crippen LogP contribution < -0.4 is 10.6 Å². The number of anilines is 1. The number of halogens is 1. The van der Waals surface area contributed by atoms with Crippen molar-refractivity contribution in [2.45, 2.75) is 18.9 Å². The topological polar surface area (TPSA) is 93.2 Å². The zero-order chi connectivity index (χ0) is 13.2. The molecule has 0 radical (unpaired) electrons. The van der Waals surface area contributed by atoms with Gasteiger partial charge in [-0.2, -0.15) is 4.98 Å².